The number of rotatable bonds is 5. The minimum absolute atomic E-state index is 0.00981. The van der Waals surface area contributed by atoms with Gasteiger partial charge in [0.25, 0.3) is 5.91 Å². The molecule has 0 saturated carbocycles. The monoisotopic (exact) mass is 275 g/mol. The van der Waals surface area contributed by atoms with Gasteiger partial charge >= 0.3 is 0 Å². The normalized spacial score (nSPS) is 10.7. The average Bonchev–Trinajstić information content (AvgIpc) is 2.46. The highest BCUT2D eigenvalue weighted by Gasteiger charge is 2.18. The fourth-order valence-electron chi connectivity index (χ4n) is 2.07. The lowest BCUT2D eigenvalue weighted by Gasteiger charge is -2.20. The molecule has 0 aliphatic rings. The predicted molar refractivity (Wildman–Crippen MR) is 75.8 cm³/mol. The second-order valence-electron chi connectivity index (χ2n) is 4.49. The molecule has 0 spiro atoms. The summed E-state index contributed by atoms with van der Waals surface area (Å²) in [5, 5.41) is 9.45. The molecule has 5 nitrogen and oxygen atoms in total. The Hall–Kier alpha value is -2.14. The highest BCUT2D eigenvalue weighted by Crippen LogP contribution is 2.13. The Morgan fingerprint density at radius 1 is 1.30 bits per heavy atom. The molecule has 0 aliphatic carbocycles. The van der Waals surface area contributed by atoms with Gasteiger partial charge in [-0.2, -0.15) is 0 Å². The molecule has 5 heteroatoms. The van der Waals surface area contributed by atoms with Gasteiger partial charge in [-0.25, -0.2) is 0 Å². The van der Waals surface area contributed by atoms with Crippen molar-refractivity contribution in [2.45, 2.75) is 13.3 Å². The maximum absolute atomic E-state index is 12.3. The van der Waals surface area contributed by atoms with Crippen LogP contribution < -0.4 is 5.43 Å². The first-order chi connectivity index (χ1) is 9.67. The number of carbonyl (C=O) groups is 1. The molecule has 1 aromatic heterocycles. The molecule has 0 atom stereocenters. The topological polar surface area (TPSA) is 70.8 Å². The van der Waals surface area contributed by atoms with Gasteiger partial charge in [0.05, 0.1) is 12.0 Å². The molecular weight excluding hydrogens is 258 g/mol. The Labute approximate surface area is 116 Å². The van der Waals surface area contributed by atoms with Crippen molar-refractivity contribution in [3.05, 3.63) is 46.3 Å². The molecule has 0 unspecified atom stereocenters. The molecular formula is C15H17NO4. The summed E-state index contributed by atoms with van der Waals surface area (Å²) in [6, 6.07) is 8.02. The van der Waals surface area contributed by atoms with E-state index in [0.29, 0.717) is 17.5 Å². The molecule has 1 heterocycles. The second-order valence-corrected chi connectivity index (χ2v) is 4.49. The third-order valence-corrected chi connectivity index (χ3v) is 3.00. The number of nitrogens with zero attached hydrogens (tertiary/aromatic N) is 1. The smallest absolute Gasteiger partial charge is 0.289 e. The summed E-state index contributed by atoms with van der Waals surface area (Å²) < 4.78 is 5.51. The number of aliphatic hydroxyl groups is 1. The number of amides is 1. The molecule has 20 heavy (non-hydrogen) atoms. The molecule has 106 valence electrons. The van der Waals surface area contributed by atoms with Gasteiger partial charge in [0, 0.05) is 19.2 Å². The third-order valence-electron chi connectivity index (χ3n) is 3.00. The zero-order valence-electron chi connectivity index (χ0n) is 11.3. The van der Waals surface area contributed by atoms with E-state index in [1.165, 1.54) is 11.0 Å². The number of hydrogen-bond donors (Lipinski definition) is 1. The number of benzene rings is 1. The number of fused-ring (bicyclic) bond motifs is 1. The summed E-state index contributed by atoms with van der Waals surface area (Å²) in [6.45, 7) is 2.55. The largest absolute Gasteiger partial charge is 0.451 e. The van der Waals surface area contributed by atoms with Crippen LogP contribution in [0.1, 0.15) is 23.9 Å². The van der Waals surface area contributed by atoms with E-state index in [1.54, 1.807) is 24.3 Å². The van der Waals surface area contributed by atoms with E-state index in [0.717, 1.165) is 6.42 Å². The Balaban J connectivity index is 2.41. The van der Waals surface area contributed by atoms with Crippen molar-refractivity contribution in [3.8, 4) is 0 Å². The van der Waals surface area contributed by atoms with Crippen LogP contribution in [-0.4, -0.2) is 35.6 Å². The lowest BCUT2D eigenvalue weighted by molar-refractivity contribution is 0.0691. The van der Waals surface area contributed by atoms with Crippen LogP contribution in [0.25, 0.3) is 11.0 Å². The van der Waals surface area contributed by atoms with E-state index in [-0.39, 0.29) is 30.2 Å². The third kappa shape index (κ3) is 2.88. The summed E-state index contributed by atoms with van der Waals surface area (Å²) in [5.74, 6) is -0.362. The highest BCUT2D eigenvalue weighted by atomic mass is 16.3. The molecule has 0 bridgehead atoms. The summed E-state index contributed by atoms with van der Waals surface area (Å²) >= 11 is 0. The van der Waals surface area contributed by atoms with Gasteiger partial charge < -0.3 is 14.4 Å². The first-order valence-corrected chi connectivity index (χ1v) is 6.60. The Bertz CT molecular complexity index is 656. The van der Waals surface area contributed by atoms with Crippen LogP contribution in [0.3, 0.4) is 0 Å². The first-order valence-electron chi connectivity index (χ1n) is 6.60. The lowest BCUT2D eigenvalue weighted by atomic mass is 10.2. The van der Waals surface area contributed by atoms with Crippen LogP contribution in [0.2, 0.25) is 0 Å². The molecule has 0 aliphatic heterocycles. The van der Waals surface area contributed by atoms with Crippen molar-refractivity contribution in [2.24, 2.45) is 0 Å². The minimum Gasteiger partial charge on any atom is -0.451 e. The zero-order chi connectivity index (χ0) is 14.5. The van der Waals surface area contributed by atoms with Gasteiger partial charge in [0.1, 0.15) is 5.58 Å². The minimum atomic E-state index is -0.372. The molecule has 0 saturated heterocycles. The van der Waals surface area contributed by atoms with Gasteiger partial charge in [0.15, 0.2) is 11.2 Å². The van der Waals surface area contributed by atoms with Gasteiger partial charge in [-0.15, -0.1) is 0 Å². The van der Waals surface area contributed by atoms with Crippen molar-refractivity contribution in [3.63, 3.8) is 0 Å². The second kappa shape index (κ2) is 6.34. The quantitative estimate of drug-likeness (QED) is 0.900. The van der Waals surface area contributed by atoms with Crippen LogP contribution in [0.4, 0.5) is 0 Å². The van der Waals surface area contributed by atoms with Crippen molar-refractivity contribution in [1.29, 1.82) is 0 Å². The van der Waals surface area contributed by atoms with Crippen molar-refractivity contribution >= 4 is 16.9 Å². The maximum Gasteiger partial charge on any atom is 0.289 e. The Morgan fingerprint density at radius 2 is 2.05 bits per heavy atom. The number of carbonyl (C=O) groups excluding carboxylic acids is 1. The zero-order valence-corrected chi connectivity index (χ0v) is 11.3. The van der Waals surface area contributed by atoms with Crippen LogP contribution in [-0.2, 0) is 0 Å². The van der Waals surface area contributed by atoms with Crippen LogP contribution in [0, 0.1) is 0 Å². The van der Waals surface area contributed by atoms with Gasteiger partial charge in [-0.3, -0.25) is 9.59 Å². The molecule has 0 radical (unpaired) electrons. The van der Waals surface area contributed by atoms with E-state index in [2.05, 4.69) is 0 Å². The van der Waals surface area contributed by atoms with Crippen molar-refractivity contribution in [2.75, 3.05) is 19.7 Å². The summed E-state index contributed by atoms with van der Waals surface area (Å²) in [6.07, 6.45) is 0.767. The standard InChI is InChI=1S/C15H17NO4/c1-2-7-16(8-9-17)15(19)14-10-12(18)11-5-3-4-6-13(11)20-14/h3-6,10,17H,2,7-9H2,1H3. The van der Waals surface area contributed by atoms with E-state index < -0.39 is 0 Å². The van der Waals surface area contributed by atoms with E-state index in [4.69, 9.17) is 9.52 Å². The van der Waals surface area contributed by atoms with Crippen LogP contribution >= 0.6 is 0 Å². The van der Waals surface area contributed by atoms with Crippen LogP contribution in [0.15, 0.2) is 39.5 Å². The van der Waals surface area contributed by atoms with Gasteiger partial charge in [-0.05, 0) is 18.6 Å². The number of aliphatic hydroxyl groups excluding tert-OH is 1. The average molecular weight is 275 g/mol. The van der Waals surface area contributed by atoms with Gasteiger partial charge in [-0.1, -0.05) is 19.1 Å². The fourth-order valence-corrected chi connectivity index (χ4v) is 2.07. The molecule has 1 N–H and O–H groups in total. The molecule has 2 aromatic rings. The Morgan fingerprint density at radius 3 is 2.75 bits per heavy atom. The fraction of sp³-hybridized carbons (Fsp3) is 0.333. The number of para-hydroxylation sites is 1. The lowest BCUT2D eigenvalue weighted by Crippen LogP contribution is -2.34. The predicted octanol–water partition coefficient (Wildman–Crippen LogP) is 1.64. The van der Waals surface area contributed by atoms with Crippen LogP contribution in [0.5, 0.6) is 0 Å². The number of hydrogen-bond acceptors (Lipinski definition) is 4. The van der Waals surface area contributed by atoms with Gasteiger partial charge in [0.2, 0.25) is 0 Å². The molecule has 1 amide bonds. The molecule has 0 fully saturated rings. The summed E-state index contributed by atoms with van der Waals surface area (Å²) in [4.78, 5) is 25.7. The summed E-state index contributed by atoms with van der Waals surface area (Å²) in [5.41, 5.74) is 0.152. The van der Waals surface area contributed by atoms with Crippen molar-refractivity contribution in [1.82, 2.24) is 4.90 Å². The molecule has 2 rings (SSSR count). The van der Waals surface area contributed by atoms with E-state index in [9.17, 15) is 9.59 Å². The highest BCUT2D eigenvalue weighted by molar-refractivity contribution is 5.93. The van der Waals surface area contributed by atoms with Crippen molar-refractivity contribution < 1.29 is 14.3 Å². The van der Waals surface area contributed by atoms with E-state index >= 15 is 0 Å². The molecule has 1 aromatic carbocycles. The van der Waals surface area contributed by atoms with E-state index in [1.807, 2.05) is 6.92 Å². The maximum atomic E-state index is 12.3. The SMILES string of the molecule is CCCN(CCO)C(=O)c1cc(=O)c2ccccc2o1. The first kappa shape index (κ1) is 14.3. The Kier molecular flexibility index (Phi) is 4.53. The summed E-state index contributed by atoms with van der Waals surface area (Å²) in [7, 11) is 0.